The molecule has 0 aromatic rings. The molecule has 1 atom stereocenters. The lowest BCUT2D eigenvalue weighted by molar-refractivity contribution is -0.122. The van der Waals surface area contributed by atoms with Crippen LogP contribution in [0.25, 0.3) is 0 Å². The maximum Gasteiger partial charge on any atom is 0.236 e. The summed E-state index contributed by atoms with van der Waals surface area (Å²) in [5, 5.41) is 2.92. The van der Waals surface area contributed by atoms with Crippen molar-refractivity contribution in [3.05, 3.63) is 0 Å². The Morgan fingerprint density at radius 2 is 2.00 bits per heavy atom. The second-order valence-electron chi connectivity index (χ2n) is 4.94. The van der Waals surface area contributed by atoms with Crippen molar-refractivity contribution < 1.29 is 4.79 Å². The molecule has 0 aliphatic carbocycles. The van der Waals surface area contributed by atoms with Gasteiger partial charge in [-0.25, -0.2) is 0 Å². The first-order chi connectivity index (χ1) is 8.24. The van der Waals surface area contributed by atoms with E-state index in [0.29, 0.717) is 0 Å². The van der Waals surface area contributed by atoms with Gasteiger partial charge in [-0.05, 0) is 45.3 Å². The highest BCUT2D eigenvalue weighted by Crippen LogP contribution is 2.08. The smallest absolute Gasteiger partial charge is 0.236 e. The summed E-state index contributed by atoms with van der Waals surface area (Å²) in [7, 11) is 0. The van der Waals surface area contributed by atoms with Crippen molar-refractivity contribution in [1.29, 1.82) is 0 Å². The zero-order valence-electron chi connectivity index (χ0n) is 11.5. The number of piperidine rings is 1. The Labute approximate surface area is 117 Å². The van der Waals surface area contributed by atoms with Gasteiger partial charge < -0.3 is 16.0 Å². The van der Waals surface area contributed by atoms with E-state index in [-0.39, 0.29) is 24.4 Å². The molecule has 1 amide bonds. The predicted octanol–water partition coefficient (Wildman–Crippen LogP) is 1.53. The second-order valence-corrected chi connectivity index (χ2v) is 4.94. The second kappa shape index (κ2) is 10.6. The van der Waals surface area contributed by atoms with Crippen LogP contribution in [0.3, 0.4) is 0 Å². The molecule has 0 saturated carbocycles. The number of likely N-dealkylation sites (tertiary alicyclic amines) is 1. The van der Waals surface area contributed by atoms with E-state index in [1.807, 2.05) is 6.92 Å². The molecule has 1 heterocycles. The zero-order valence-corrected chi connectivity index (χ0v) is 12.3. The van der Waals surface area contributed by atoms with Crippen LogP contribution in [0.2, 0.25) is 0 Å². The van der Waals surface area contributed by atoms with Crippen LogP contribution < -0.4 is 11.1 Å². The van der Waals surface area contributed by atoms with E-state index in [1.165, 1.54) is 32.4 Å². The van der Waals surface area contributed by atoms with Crippen molar-refractivity contribution in [2.75, 3.05) is 26.2 Å². The first-order valence-corrected chi connectivity index (χ1v) is 6.99. The maximum atomic E-state index is 11.5. The summed E-state index contributed by atoms with van der Waals surface area (Å²) >= 11 is 0. The largest absolute Gasteiger partial charge is 0.355 e. The van der Waals surface area contributed by atoms with Crippen LogP contribution in [0.1, 0.15) is 45.4 Å². The van der Waals surface area contributed by atoms with E-state index in [1.54, 1.807) is 0 Å². The molecule has 0 spiro atoms. The van der Waals surface area contributed by atoms with Crippen LogP contribution in [0.5, 0.6) is 0 Å². The van der Waals surface area contributed by atoms with Gasteiger partial charge in [0.2, 0.25) is 5.91 Å². The third-order valence-electron chi connectivity index (χ3n) is 3.34. The fourth-order valence-corrected chi connectivity index (χ4v) is 2.27. The van der Waals surface area contributed by atoms with Crippen LogP contribution in [0.4, 0.5) is 0 Å². The molecule has 1 aliphatic rings. The predicted molar refractivity (Wildman–Crippen MR) is 78.0 cm³/mol. The number of carbonyl (C=O) groups is 1. The van der Waals surface area contributed by atoms with Gasteiger partial charge >= 0.3 is 0 Å². The number of nitrogens with one attached hydrogen (secondary N) is 1. The number of rotatable bonds is 7. The number of carbonyl (C=O) groups excluding carboxylic acids is 1. The number of hydrogen-bond acceptors (Lipinski definition) is 3. The van der Waals surface area contributed by atoms with Gasteiger partial charge in [0.15, 0.2) is 0 Å². The van der Waals surface area contributed by atoms with Crippen LogP contribution in [0.15, 0.2) is 0 Å². The van der Waals surface area contributed by atoms with Crippen LogP contribution >= 0.6 is 12.4 Å². The van der Waals surface area contributed by atoms with E-state index < -0.39 is 0 Å². The highest BCUT2D eigenvalue weighted by molar-refractivity contribution is 5.85. The van der Waals surface area contributed by atoms with Gasteiger partial charge in [-0.2, -0.15) is 0 Å². The van der Waals surface area contributed by atoms with E-state index >= 15 is 0 Å². The Morgan fingerprint density at radius 1 is 1.33 bits per heavy atom. The average Bonchev–Trinajstić information content (AvgIpc) is 2.36. The molecule has 0 aromatic carbocycles. The summed E-state index contributed by atoms with van der Waals surface area (Å²) in [5.74, 6) is 0.00509. The van der Waals surface area contributed by atoms with Gasteiger partial charge in [-0.1, -0.05) is 19.8 Å². The summed E-state index contributed by atoms with van der Waals surface area (Å²) in [4.78, 5) is 14.0. The van der Waals surface area contributed by atoms with E-state index in [9.17, 15) is 4.79 Å². The molecule has 18 heavy (non-hydrogen) atoms. The molecule has 0 bridgehead atoms. The Morgan fingerprint density at radius 3 is 2.61 bits per heavy atom. The summed E-state index contributed by atoms with van der Waals surface area (Å²) in [6.07, 6.45) is 6.80. The fourth-order valence-electron chi connectivity index (χ4n) is 2.27. The molecule has 3 N–H and O–H groups in total. The first-order valence-electron chi connectivity index (χ1n) is 6.99. The number of amides is 1. The van der Waals surface area contributed by atoms with Gasteiger partial charge in [-0.3, -0.25) is 4.79 Å². The maximum absolute atomic E-state index is 11.5. The summed E-state index contributed by atoms with van der Waals surface area (Å²) in [6.45, 7) is 6.35. The monoisotopic (exact) mass is 277 g/mol. The Kier molecular flexibility index (Phi) is 10.4. The van der Waals surface area contributed by atoms with E-state index in [2.05, 4.69) is 10.2 Å². The lowest BCUT2D eigenvalue weighted by Gasteiger charge is -2.26. The van der Waals surface area contributed by atoms with Gasteiger partial charge in [0, 0.05) is 6.54 Å². The molecule has 1 fully saturated rings. The van der Waals surface area contributed by atoms with Crippen molar-refractivity contribution in [3.8, 4) is 0 Å². The number of hydrogen-bond donors (Lipinski definition) is 2. The molecule has 0 radical (unpaired) electrons. The molecular weight excluding hydrogens is 250 g/mol. The molecule has 0 aromatic heterocycles. The molecule has 1 aliphatic heterocycles. The van der Waals surface area contributed by atoms with Crippen LogP contribution in [-0.4, -0.2) is 43.0 Å². The molecule has 5 heteroatoms. The van der Waals surface area contributed by atoms with Gasteiger partial charge in [0.05, 0.1) is 6.04 Å². The first kappa shape index (κ1) is 17.7. The van der Waals surface area contributed by atoms with Crippen molar-refractivity contribution >= 4 is 18.3 Å². The molecule has 4 nitrogen and oxygen atoms in total. The Hall–Kier alpha value is -0.320. The average molecular weight is 278 g/mol. The minimum atomic E-state index is -0.324. The SMILES string of the molecule is CCCC(N)C(=O)NCCCN1CCCCC1.Cl. The van der Waals surface area contributed by atoms with Crippen LogP contribution in [-0.2, 0) is 4.79 Å². The highest BCUT2D eigenvalue weighted by atomic mass is 35.5. The molecular formula is C13H28ClN3O. The van der Waals surface area contributed by atoms with Crippen molar-refractivity contribution in [1.82, 2.24) is 10.2 Å². The topological polar surface area (TPSA) is 58.4 Å². The molecule has 1 saturated heterocycles. The summed E-state index contributed by atoms with van der Waals surface area (Å²) in [6, 6.07) is -0.324. The normalized spacial score (nSPS) is 17.9. The number of nitrogens with two attached hydrogens (primary N) is 1. The van der Waals surface area contributed by atoms with Gasteiger partial charge in [-0.15, -0.1) is 12.4 Å². The number of halogens is 1. The minimum absolute atomic E-state index is 0. The highest BCUT2D eigenvalue weighted by Gasteiger charge is 2.12. The van der Waals surface area contributed by atoms with Crippen molar-refractivity contribution in [2.24, 2.45) is 5.73 Å². The van der Waals surface area contributed by atoms with E-state index in [4.69, 9.17) is 5.73 Å². The standard InChI is InChI=1S/C13H27N3O.ClH/c1-2-7-12(14)13(17)15-8-6-11-16-9-4-3-5-10-16;/h12H,2-11,14H2,1H3,(H,15,17);1H. The lowest BCUT2D eigenvalue weighted by Crippen LogP contribution is -2.41. The third-order valence-corrected chi connectivity index (χ3v) is 3.34. The Bertz CT molecular complexity index is 220. The van der Waals surface area contributed by atoms with Crippen molar-refractivity contribution in [2.45, 2.75) is 51.5 Å². The number of nitrogens with zero attached hydrogens (tertiary/aromatic N) is 1. The third kappa shape index (κ3) is 7.19. The van der Waals surface area contributed by atoms with Gasteiger partial charge in [0.1, 0.15) is 0 Å². The fraction of sp³-hybridized carbons (Fsp3) is 0.923. The van der Waals surface area contributed by atoms with Crippen LogP contribution in [0, 0.1) is 0 Å². The summed E-state index contributed by atoms with van der Waals surface area (Å²) < 4.78 is 0. The summed E-state index contributed by atoms with van der Waals surface area (Å²) in [5.41, 5.74) is 5.73. The van der Waals surface area contributed by atoms with E-state index in [0.717, 1.165) is 32.4 Å². The molecule has 1 unspecified atom stereocenters. The molecule has 108 valence electrons. The zero-order chi connectivity index (χ0) is 12.5. The van der Waals surface area contributed by atoms with Crippen molar-refractivity contribution in [3.63, 3.8) is 0 Å². The van der Waals surface area contributed by atoms with Gasteiger partial charge in [0.25, 0.3) is 0 Å². The quantitative estimate of drug-likeness (QED) is 0.694. The minimum Gasteiger partial charge on any atom is -0.355 e. The Balaban J connectivity index is 0.00000289. The molecule has 1 rings (SSSR count). The lowest BCUT2D eigenvalue weighted by atomic mass is 10.1.